The number of rotatable bonds is 15. The van der Waals surface area contributed by atoms with Gasteiger partial charge in [0.05, 0.1) is 5.56 Å². The third-order valence-corrected chi connectivity index (χ3v) is 8.61. The molecular weight excluding hydrogens is 361 g/mol. The van der Waals surface area contributed by atoms with Crippen LogP contribution in [0.5, 0.6) is 0 Å². The first-order chi connectivity index (χ1) is 12.4. The molecule has 0 radical (unpaired) electrons. The molecule has 1 rings (SSSR count). The molecule has 0 spiro atoms. The van der Waals surface area contributed by atoms with Crippen LogP contribution < -0.4 is 34.9 Å². The van der Waals surface area contributed by atoms with Crippen molar-refractivity contribution in [2.24, 2.45) is 0 Å². The number of carboxylic acid groups (broad SMARTS) is 1. The second-order valence-electron chi connectivity index (χ2n) is 8.30. The summed E-state index contributed by atoms with van der Waals surface area (Å²) in [6.07, 6.45) is 12.5. The Labute approximate surface area is 191 Å². The number of carbonyl (C=O) groups is 1. The first kappa shape index (κ1) is 26.7. The monoisotopic (exact) mass is 401 g/mol. The predicted molar refractivity (Wildman–Crippen MR) is 117 cm³/mol. The number of carboxylic acids is 1. The van der Waals surface area contributed by atoms with Crippen LogP contribution in [0.3, 0.4) is 0 Å². The molecule has 3 nitrogen and oxygen atoms in total. The van der Waals surface area contributed by atoms with Gasteiger partial charge in [-0.25, -0.2) is 4.79 Å². The van der Waals surface area contributed by atoms with Gasteiger partial charge in [-0.2, -0.15) is 0 Å². The van der Waals surface area contributed by atoms with Crippen LogP contribution in [0.15, 0.2) is 24.3 Å². The van der Waals surface area contributed by atoms with Crippen molar-refractivity contribution in [2.75, 3.05) is 11.9 Å². The molecule has 0 amide bonds. The molecule has 1 aromatic rings. The molecule has 0 heterocycles. The van der Waals surface area contributed by atoms with Crippen molar-refractivity contribution < 1.29 is 40.9 Å². The Bertz CT molecular complexity index is 512. The normalized spacial score (nSPS) is 11.1. The topological polar surface area (TPSA) is 49.3 Å². The fourth-order valence-electron chi connectivity index (χ4n) is 3.39. The molecule has 0 saturated heterocycles. The molecule has 150 valence electrons. The summed E-state index contributed by atoms with van der Waals surface area (Å²) in [5.41, 5.74) is 1.35. The zero-order valence-electron chi connectivity index (χ0n) is 19.2. The van der Waals surface area contributed by atoms with E-state index in [1.54, 1.807) is 12.1 Å². The van der Waals surface area contributed by atoms with Gasteiger partial charge in [0.1, 0.15) is 0 Å². The first-order valence-electron chi connectivity index (χ1n) is 10.5. The third kappa shape index (κ3) is 13.5. The molecule has 0 aliphatic heterocycles. The van der Waals surface area contributed by atoms with E-state index in [9.17, 15) is 4.79 Å². The molecule has 1 aromatic carbocycles. The van der Waals surface area contributed by atoms with E-state index in [4.69, 9.17) is 5.11 Å². The van der Waals surface area contributed by atoms with Crippen LogP contribution in [0.1, 0.15) is 76.5 Å². The number of anilines is 1. The zero-order chi connectivity index (χ0) is 19.3. The zero-order valence-corrected chi connectivity index (χ0v) is 21.2. The second kappa shape index (κ2) is 15.6. The van der Waals surface area contributed by atoms with Crippen LogP contribution in [-0.2, 0) is 0 Å². The van der Waals surface area contributed by atoms with Crippen molar-refractivity contribution in [3.05, 3.63) is 29.8 Å². The molecule has 0 aliphatic carbocycles. The van der Waals surface area contributed by atoms with Crippen molar-refractivity contribution in [2.45, 2.75) is 89.9 Å². The largest absolute Gasteiger partial charge is 1.00 e. The average molecular weight is 402 g/mol. The molecule has 5 heteroatoms. The minimum atomic E-state index is -1.06. The van der Waals surface area contributed by atoms with Crippen molar-refractivity contribution >= 4 is 19.7 Å². The Morgan fingerprint density at radius 1 is 0.926 bits per heavy atom. The SMILES string of the molecule is CCCCCCCCCC[Si](C)(C)CCCNc1ccc(C(=O)O)cc1.[H-].[Na+]. The summed E-state index contributed by atoms with van der Waals surface area (Å²) >= 11 is 0. The maximum Gasteiger partial charge on any atom is 1.00 e. The van der Waals surface area contributed by atoms with Gasteiger partial charge < -0.3 is 11.8 Å². The molecule has 0 fully saturated rings. The van der Waals surface area contributed by atoms with Gasteiger partial charge in [0.2, 0.25) is 0 Å². The van der Waals surface area contributed by atoms with Gasteiger partial charge >= 0.3 is 35.5 Å². The Balaban J connectivity index is 0. The number of aromatic carboxylic acids is 1. The summed E-state index contributed by atoms with van der Waals surface area (Å²) < 4.78 is 0. The fourth-order valence-corrected chi connectivity index (χ4v) is 5.98. The first-order valence-corrected chi connectivity index (χ1v) is 13.9. The Morgan fingerprint density at radius 2 is 1.44 bits per heavy atom. The van der Waals surface area contributed by atoms with Gasteiger partial charge in [0.25, 0.3) is 0 Å². The van der Waals surface area contributed by atoms with Crippen molar-refractivity contribution in [1.29, 1.82) is 0 Å². The summed E-state index contributed by atoms with van der Waals surface area (Å²) in [7, 11) is -1.06. The number of unbranched alkanes of at least 4 members (excludes halogenated alkanes) is 7. The number of hydrogen-bond donors (Lipinski definition) is 2. The van der Waals surface area contributed by atoms with Crippen LogP contribution in [0.2, 0.25) is 25.2 Å². The molecule has 27 heavy (non-hydrogen) atoms. The molecule has 0 bridgehead atoms. The number of benzene rings is 1. The summed E-state index contributed by atoms with van der Waals surface area (Å²) in [6.45, 7) is 8.30. The minimum absolute atomic E-state index is 0. The second-order valence-corrected chi connectivity index (χ2v) is 13.6. The summed E-state index contributed by atoms with van der Waals surface area (Å²) in [5.74, 6) is -0.870. The van der Waals surface area contributed by atoms with E-state index in [1.807, 2.05) is 12.1 Å². The molecule has 0 saturated carbocycles. The minimum Gasteiger partial charge on any atom is -1.00 e. The summed E-state index contributed by atoms with van der Waals surface area (Å²) in [6, 6.07) is 9.84. The maximum atomic E-state index is 10.9. The van der Waals surface area contributed by atoms with E-state index in [-0.39, 0.29) is 31.0 Å². The predicted octanol–water partition coefficient (Wildman–Crippen LogP) is 4.15. The van der Waals surface area contributed by atoms with Crippen LogP contribution >= 0.6 is 0 Å². The van der Waals surface area contributed by atoms with Crippen molar-refractivity contribution in [3.8, 4) is 0 Å². The van der Waals surface area contributed by atoms with E-state index in [0.29, 0.717) is 5.56 Å². The van der Waals surface area contributed by atoms with E-state index in [1.165, 1.54) is 69.9 Å². The Kier molecular flexibility index (Phi) is 15.4. The number of hydrogen-bond acceptors (Lipinski definition) is 2. The molecular formula is C22H40NNaO2Si. The standard InChI is InChI=1S/C22H39NO2Si.Na.H/c1-4-5-6-7-8-9-10-11-18-26(2,3)19-12-17-23-21-15-13-20(14-16-21)22(24)25;;/h13-16,23H,4-12,17-19H2,1-3H3,(H,24,25);;/q;+1;-1. The molecule has 0 unspecified atom stereocenters. The van der Waals surface area contributed by atoms with E-state index < -0.39 is 14.0 Å². The molecule has 0 aromatic heterocycles. The van der Waals surface area contributed by atoms with Crippen LogP contribution in [0.4, 0.5) is 5.69 Å². The molecule has 2 N–H and O–H groups in total. The average Bonchev–Trinajstić information content (AvgIpc) is 2.61. The Hall–Kier alpha value is -0.293. The summed E-state index contributed by atoms with van der Waals surface area (Å²) in [5, 5.41) is 12.3. The quantitative estimate of drug-likeness (QED) is 0.343. The van der Waals surface area contributed by atoms with Gasteiger partial charge in [-0.3, -0.25) is 0 Å². The van der Waals surface area contributed by atoms with Gasteiger partial charge in [0.15, 0.2) is 0 Å². The van der Waals surface area contributed by atoms with Crippen LogP contribution in [0, 0.1) is 0 Å². The summed E-state index contributed by atoms with van der Waals surface area (Å²) in [4.78, 5) is 10.9. The van der Waals surface area contributed by atoms with Gasteiger partial charge in [-0.05, 0) is 30.7 Å². The van der Waals surface area contributed by atoms with Crippen molar-refractivity contribution in [1.82, 2.24) is 0 Å². The fraction of sp³-hybridized carbons (Fsp3) is 0.682. The molecule has 0 aliphatic rings. The number of nitrogens with one attached hydrogen (secondary N) is 1. The van der Waals surface area contributed by atoms with Crippen LogP contribution in [-0.4, -0.2) is 25.7 Å². The van der Waals surface area contributed by atoms with Gasteiger partial charge in [0, 0.05) is 20.3 Å². The van der Waals surface area contributed by atoms with E-state index in [0.717, 1.165) is 12.2 Å². The van der Waals surface area contributed by atoms with Gasteiger partial charge in [-0.1, -0.05) is 83.5 Å². The van der Waals surface area contributed by atoms with Crippen LogP contribution in [0.25, 0.3) is 0 Å². The maximum absolute atomic E-state index is 10.9. The van der Waals surface area contributed by atoms with Crippen molar-refractivity contribution in [3.63, 3.8) is 0 Å². The third-order valence-electron chi connectivity index (χ3n) is 5.20. The van der Waals surface area contributed by atoms with Gasteiger partial charge in [-0.15, -0.1) is 0 Å². The Morgan fingerprint density at radius 3 is 2.00 bits per heavy atom. The molecule has 0 atom stereocenters. The smallest absolute Gasteiger partial charge is 1.00 e. The van der Waals surface area contributed by atoms with E-state index >= 15 is 0 Å². The van der Waals surface area contributed by atoms with E-state index in [2.05, 4.69) is 25.3 Å².